The molecule has 6 nitrogen and oxygen atoms in total. The maximum atomic E-state index is 14.4. The Morgan fingerprint density at radius 1 is 0.971 bits per heavy atom. The summed E-state index contributed by atoms with van der Waals surface area (Å²) in [5.41, 5.74) is -0.371. The molecule has 0 aliphatic carbocycles. The molecule has 0 radical (unpaired) electrons. The van der Waals surface area contributed by atoms with E-state index in [0.29, 0.717) is 29.1 Å². The molecule has 0 saturated carbocycles. The Bertz CT molecular complexity index is 1180. The number of pyridine rings is 1. The zero-order valence-corrected chi connectivity index (χ0v) is 19.1. The van der Waals surface area contributed by atoms with Gasteiger partial charge in [-0.05, 0) is 44.5 Å². The number of anilines is 1. The molecular formula is C25H23F3N2O4. The van der Waals surface area contributed by atoms with Crippen LogP contribution in [0.25, 0.3) is 11.1 Å². The SMILES string of the molecule is COc1ccc(-c2cccc(N(CC(=O)OC(C)(C)C)C(=O)c3c(F)cc(F)cc3F)c2)cn1. The number of nitrogens with zero attached hydrogens (tertiary/aromatic N) is 2. The van der Waals surface area contributed by atoms with E-state index in [9.17, 15) is 22.8 Å². The first kappa shape index (κ1) is 24.8. The molecule has 0 aliphatic heterocycles. The quantitative estimate of drug-likeness (QED) is 0.464. The van der Waals surface area contributed by atoms with Crippen molar-refractivity contribution in [2.24, 2.45) is 0 Å². The number of esters is 1. The fraction of sp³-hybridized carbons (Fsp3) is 0.240. The predicted octanol–water partition coefficient (Wildman–Crippen LogP) is 5.16. The predicted molar refractivity (Wildman–Crippen MR) is 120 cm³/mol. The highest BCUT2D eigenvalue weighted by molar-refractivity contribution is 6.09. The van der Waals surface area contributed by atoms with Crippen molar-refractivity contribution in [1.29, 1.82) is 0 Å². The molecule has 1 amide bonds. The lowest BCUT2D eigenvalue weighted by Crippen LogP contribution is -2.39. The third-order valence-electron chi connectivity index (χ3n) is 4.61. The lowest BCUT2D eigenvalue weighted by Gasteiger charge is -2.26. The van der Waals surface area contributed by atoms with Gasteiger partial charge in [0.2, 0.25) is 5.88 Å². The van der Waals surface area contributed by atoms with Crippen molar-refractivity contribution < 1.29 is 32.2 Å². The second-order valence-electron chi connectivity index (χ2n) is 8.36. The highest BCUT2D eigenvalue weighted by atomic mass is 19.1. The van der Waals surface area contributed by atoms with Crippen LogP contribution in [-0.2, 0) is 9.53 Å². The van der Waals surface area contributed by atoms with E-state index in [2.05, 4.69) is 4.98 Å². The van der Waals surface area contributed by atoms with Crippen LogP contribution >= 0.6 is 0 Å². The summed E-state index contributed by atoms with van der Waals surface area (Å²) in [4.78, 5) is 30.8. The second kappa shape index (κ2) is 9.94. The van der Waals surface area contributed by atoms with Gasteiger partial charge < -0.3 is 9.47 Å². The molecule has 9 heteroatoms. The van der Waals surface area contributed by atoms with Crippen LogP contribution in [0, 0.1) is 17.5 Å². The first-order valence-corrected chi connectivity index (χ1v) is 10.3. The Morgan fingerprint density at radius 3 is 2.21 bits per heavy atom. The third-order valence-corrected chi connectivity index (χ3v) is 4.61. The minimum atomic E-state index is -1.38. The van der Waals surface area contributed by atoms with Crippen LogP contribution in [0.15, 0.2) is 54.7 Å². The molecule has 3 rings (SSSR count). The van der Waals surface area contributed by atoms with Crippen molar-refractivity contribution in [1.82, 2.24) is 4.98 Å². The molecule has 1 aromatic heterocycles. The summed E-state index contributed by atoms with van der Waals surface area (Å²) in [6.45, 7) is 4.31. The molecule has 0 bridgehead atoms. The zero-order valence-electron chi connectivity index (χ0n) is 19.1. The second-order valence-corrected chi connectivity index (χ2v) is 8.36. The first-order chi connectivity index (χ1) is 16.0. The fourth-order valence-corrected chi connectivity index (χ4v) is 3.19. The molecule has 0 atom stereocenters. The van der Waals surface area contributed by atoms with E-state index in [-0.39, 0.29) is 5.69 Å². The largest absolute Gasteiger partial charge is 0.481 e. The summed E-state index contributed by atoms with van der Waals surface area (Å²) < 4.78 is 52.5. The Hall–Kier alpha value is -3.88. The van der Waals surface area contributed by atoms with Crippen LogP contribution in [0.5, 0.6) is 5.88 Å². The van der Waals surface area contributed by atoms with E-state index < -0.39 is 47.0 Å². The number of rotatable bonds is 6. The average molecular weight is 472 g/mol. The Labute approximate surface area is 194 Å². The standard InChI is InChI=1S/C25H23F3N2O4/c1-25(2,3)34-22(31)14-30(24(32)23-19(27)11-17(26)12-20(23)28)18-7-5-6-15(10-18)16-8-9-21(33-4)29-13-16/h5-13H,14H2,1-4H3. The molecule has 0 saturated heterocycles. The van der Waals surface area contributed by atoms with Crippen molar-refractivity contribution in [3.8, 4) is 17.0 Å². The van der Waals surface area contributed by atoms with E-state index in [4.69, 9.17) is 9.47 Å². The summed E-state index contributed by atoms with van der Waals surface area (Å²) in [5, 5.41) is 0. The van der Waals surface area contributed by atoms with Crippen molar-refractivity contribution in [3.63, 3.8) is 0 Å². The van der Waals surface area contributed by atoms with Crippen molar-refractivity contribution >= 4 is 17.6 Å². The van der Waals surface area contributed by atoms with E-state index >= 15 is 0 Å². The summed E-state index contributed by atoms with van der Waals surface area (Å²) in [6, 6.07) is 10.6. The average Bonchev–Trinajstić information content (AvgIpc) is 2.75. The molecule has 0 N–H and O–H groups in total. The lowest BCUT2D eigenvalue weighted by molar-refractivity contribution is -0.152. The number of amides is 1. The van der Waals surface area contributed by atoms with Crippen LogP contribution in [0.1, 0.15) is 31.1 Å². The molecule has 3 aromatic rings. The summed E-state index contributed by atoms with van der Waals surface area (Å²) in [6.07, 6.45) is 1.55. The smallest absolute Gasteiger partial charge is 0.326 e. The Balaban J connectivity index is 2.05. The number of carbonyl (C=O) groups excluding carboxylic acids is 2. The number of hydrogen-bond donors (Lipinski definition) is 0. The van der Waals surface area contributed by atoms with Gasteiger partial charge in [0, 0.05) is 35.6 Å². The number of carbonyl (C=O) groups is 2. The first-order valence-electron chi connectivity index (χ1n) is 10.3. The molecule has 0 fully saturated rings. The van der Waals surface area contributed by atoms with Gasteiger partial charge in [0.05, 0.1) is 7.11 Å². The lowest BCUT2D eigenvalue weighted by atomic mass is 10.1. The normalized spacial score (nSPS) is 11.1. The molecule has 178 valence electrons. The van der Waals surface area contributed by atoms with Crippen molar-refractivity contribution in [3.05, 3.63) is 77.7 Å². The van der Waals surface area contributed by atoms with E-state index in [1.165, 1.54) is 13.2 Å². The van der Waals surface area contributed by atoms with E-state index in [1.54, 1.807) is 57.3 Å². The molecule has 0 unspecified atom stereocenters. The number of hydrogen-bond acceptors (Lipinski definition) is 5. The maximum Gasteiger partial charge on any atom is 0.326 e. The van der Waals surface area contributed by atoms with Gasteiger partial charge in [0.1, 0.15) is 35.2 Å². The minimum Gasteiger partial charge on any atom is -0.481 e. The number of methoxy groups -OCH3 is 1. The van der Waals surface area contributed by atoms with Gasteiger partial charge >= 0.3 is 5.97 Å². The molecule has 0 spiro atoms. The van der Waals surface area contributed by atoms with E-state index in [1.807, 2.05) is 0 Å². The number of ether oxygens (including phenoxy) is 2. The van der Waals surface area contributed by atoms with Crippen LogP contribution in [0.2, 0.25) is 0 Å². The van der Waals surface area contributed by atoms with Gasteiger partial charge in [-0.3, -0.25) is 14.5 Å². The van der Waals surface area contributed by atoms with Crippen LogP contribution < -0.4 is 9.64 Å². The van der Waals surface area contributed by atoms with E-state index in [0.717, 1.165) is 4.90 Å². The maximum absolute atomic E-state index is 14.4. The van der Waals surface area contributed by atoms with Crippen molar-refractivity contribution in [2.75, 3.05) is 18.6 Å². The van der Waals surface area contributed by atoms with Gasteiger partial charge in [0.25, 0.3) is 5.91 Å². The van der Waals surface area contributed by atoms with Gasteiger partial charge in [-0.15, -0.1) is 0 Å². The number of halogens is 3. The summed E-state index contributed by atoms with van der Waals surface area (Å²) in [7, 11) is 1.48. The molecule has 2 aromatic carbocycles. The third kappa shape index (κ3) is 5.92. The van der Waals surface area contributed by atoms with Crippen LogP contribution in [0.4, 0.5) is 18.9 Å². The van der Waals surface area contributed by atoms with Gasteiger partial charge in [-0.25, -0.2) is 18.2 Å². The highest BCUT2D eigenvalue weighted by Gasteiger charge is 2.29. The van der Waals surface area contributed by atoms with Crippen molar-refractivity contribution in [2.45, 2.75) is 26.4 Å². The monoisotopic (exact) mass is 472 g/mol. The number of benzene rings is 2. The molecule has 0 aliphatic rings. The highest BCUT2D eigenvalue weighted by Crippen LogP contribution is 2.28. The zero-order chi connectivity index (χ0) is 25.0. The molecule has 34 heavy (non-hydrogen) atoms. The molecule has 1 heterocycles. The summed E-state index contributed by atoms with van der Waals surface area (Å²) in [5.74, 6) is -5.48. The Morgan fingerprint density at radius 2 is 1.65 bits per heavy atom. The van der Waals surface area contributed by atoms with Crippen LogP contribution in [-0.4, -0.2) is 36.1 Å². The molecular weight excluding hydrogens is 449 g/mol. The van der Waals surface area contributed by atoms with Gasteiger partial charge in [0.15, 0.2) is 0 Å². The number of aromatic nitrogens is 1. The topological polar surface area (TPSA) is 68.7 Å². The Kier molecular flexibility index (Phi) is 7.24. The minimum absolute atomic E-state index is 0.173. The van der Waals surface area contributed by atoms with Gasteiger partial charge in [-0.2, -0.15) is 0 Å². The summed E-state index contributed by atoms with van der Waals surface area (Å²) >= 11 is 0. The van der Waals surface area contributed by atoms with Gasteiger partial charge in [-0.1, -0.05) is 12.1 Å². The fourth-order valence-electron chi connectivity index (χ4n) is 3.19. The van der Waals surface area contributed by atoms with Crippen LogP contribution in [0.3, 0.4) is 0 Å².